The number of rotatable bonds is 4. The van der Waals surface area contributed by atoms with Gasteiger partial charge in [0.2, 0.25) is 0 Å². The molecule has 7 heteroatoms. The van der Waals surface area contributed by atoms with Gasteiger partial charge in [-0.2, -0.15) is 13.2 Å². The second-order valence-corrected chi connectivity index (χ2v) is 5.66. The molecule has 1 N–H and O–H groups in total. The van der Waals surface area contributed by atoms with E-state index in [4.69, 9.17) is 11.6 Å². The van der Waals surface area contributed by atoms with E-state index in [2.05, 4.69) is 10.3 Å². The molecule has 1 unspecified atom stereocenters. The van der Waals surface area contributed by atoms with Crippen molar-refractivity contribution in [3.63, 3.8) is 0 Å². The lowest BCUT2D eigenvalue weighted by atomic mass is 9.97. The Hall–Kier alpha value is -1.01. The molecule has 0 aromatic carbocycles. The summed E-state index contributed by atoms with van der Waals surface area (Å²) in [6.45, 7) is 3.97. The third-order valence-electron chi connectivity index (χ3n) is 3.64. The van der Waals surface area contributed by atoms with Gasteiger partial charge in [-0.3, -0.25) is 0 Å². The molecule has 0 spiro atoms. The Kier molecular flexibility index (Phi) is 5.32. The lowest BCUT2D eigenvalue weighted by Gasteiger charge is -2.34. The Morgan fingerprint density at radius 2 is 2.24 bits per heavy atom. The van der Waals surface area contributed by atoms with Crippen LogP contribution in [0.4, 0.5) is 19.0 Å². The number of pyridine rings is 1. The van der Waals surface area contributed by atoms with E-state index in [0.29, 0.717) is 30.4 Å². The number of anilines is 1. The van der Waals surface area contributed by atoms with Crippen LogP contribution in [0.2, 0.25) is 5.02 Å². The third-order valence-corrected chi connectivity index (χ3v) is 3.92. The molecule has 0 amide bonds. The molecule has 0 radical (unpaired) electrons. The molecule has 1 aromatic heterocycles. The number of halogens is 4. The summed E-state index contributed by atoms with van der Waals surface area (Å²) in [4.78, 5) is 5.90. The van der Waals surface area contributed by atoms with Crippen LogP contribution in [0.25, 0.3) is 0 Å². The minimum absolute atomic E-state index is 0.0667. The largest absolute Gasteiger partial charge is 0.393 e. The maximum atomic E-state index is 12.8. The minimum Gasteiger partial charge on any atom is -0.355 e. The Labute approximate surface area is 127 Å². The molecule has 2 rings (SSSR count). The molecule has 0 aliphatic carbocycles. The lowest BCUT2D eigenvalue weighted by molar-refractivity contribution is -0.176. The summed E-state index contributed by atoms with van der Waals surface area (Å²) in [5.74, 6) is -0.851. The van der Waals surface area contributed by atoms with Crippen LogP contribution in [-0.4, -0.2) is 30.8 Å². The first kappa shape index (κ1) is 16.4. The molecule has 1 aliphatic rings. The number of nitrogens with one attached hydrogen (secondary N) is 1. The highest BCUT2D eigenvalue weighted by atomic mass is 35.5. The smallest absolute Gasteiger partial charge is 0.355 e. The van der Waals surface area contributed by atoms with Crippen molar-refractivity contribution in [3.05, 3.63) is 22.8 Å². The Bertz CT molecular complexity index is 479. The molecular weight excluding hydrogens is 303 g/mol. The van der Waals surface area contributed by atoms with Crippen molar-refractivity contribution in [1.82, 2.24) is 10.3 Å². The quantitative estimate of drug-likeness (QED) is 0.918. The van der Waals surface area contributed by atoms with E-state index in [1.54, 1.807) is 17.2 Å². The van der Waals surface area contributed by atoms with Gasteiger partial charge < -0.3 is 10.2 Å². The van der Waals surface area contributed by atoms with Crippen LogP contribution in [-0.2, 0) is 6.54 Å². The van der Waals surface area contributed by atoms with Gasteiger partial charge in [-0.15, -0.1) is 0 Å². The average Bonchev–Trinajstić information content (AvgIpc) is 2.44. The third kappa shape index (κ3) is 4.23. The maximum absolute atomic E-state index is 12.8. The summed E-state index contributed by atoms with van der Waals surface area (Å²) in [7, 11) is 0. The van der Waals surface area contributed by atoms with E-state index in [0.717, 1.165) is 12.1 Å². The van der Waals surface area contributed by atoms with E-state index in [-0.39, 0.29) is 13.0 Å². The first-order valence-electron chi connectivity index (χ1n) is 7.08. The SMILES string of the molecule is CCNCc1cnc(N2CCCC(C(F)(F)F)C2)c(Cl)c1. The maximum Gasteiger partial charge on any atom is 0.393 e. The van der Waals surface area contributed by atoms with E-state index in [9.17, 15) is 13.2 Å². The summed E-state index contributed by atoms with van der Waals surface area (Å²) in [5.41, 5.74) is 0.926. The van der Waals surface area contributed by atoms with Crippen molar-refractivity contribution < 1.29 is 13.2 Å². The van der Waals surface area contributed by atoms with Gasteiger partial charge in [0.1, 0.15) is 5.82 Å². The highest BCUT2D eigenvalue weighted by Gasteiger charge is 2.42. The van der Waals surface area contributed by atoms with Crippen molar-refractivity contribution in [3.8, 4) is 0 Å². The van der Waals surface area contributed by atoms with Crippen LogP contribution in [0.15, 0.2) is 12.3 Å². The van der Waals surface area contributed by atoms with Crippen LogP contribution in [0.1, 0.15) is 25.3 Å². The number of nitrogens with zero attached hydrogens (tertiary/aromatic N) is 2. The van der Waals surface area contributed by atoms with Crippen LogP contribution < -0.4 is 10.2 Å². The monoisotopic (exact) mass is 321 g/mol. The van der Waals surface area contributed by atoms with Crippen LogP contribution in [0.5, 0.6) is 0 Å². The van der Waals surface area contributed by atoms with Crippen molar-refractivity contribution in [2.45, 2.75) is 32.5 Å². The van der Waals surface area contributed by atoms with Crippen molar-refractivity contribution >= 4 is 17.4 Å². The molecule has 1 atom stereocenters. The molecular formula is C14H19ClF3N3. The zero-order valence-electron chi connectivity index (χ0n) is 11.9. The summed E-state index contributed by atoms with van der Waals surface area (Å²) >= 11 is 6.19. The number of piperidine rings is 1. The van der Waals surface area contributed by atoms with Gasteiger partial charge in [-0.25, -0.2) is 4.98 Å². The molecule has 0 bridgehead atoms. The fourth-order valence-electron chi connectivity index (χ4n) is 2.51. The molecule has 3 nitrogen and oxygen atoms in total. The molecule has 1 aliphatic heterocycles. The number of alkyl halides is 3. The van der Waals surface area contributed by atoms with Gasteiger partial charge in [0, 0.05) is 25.8 Å². The molecule has 21 heavy (non-hydrogen) atoms. The summed E-state index contributed by atoms with van der Waals surface area (Å²) in [5, 5.41) is 3.57. The molecule has 1 aromatic rings. The second-order valence-electron chi connectivity index (χ2n) is 5.26. The lowest BCUT2D eigenvalue weighted by Crippen LogP contribution is -2.42. The fraction of sp³-hybridized carbons (Fsp3) is 0.643. The number of hydrogen-bond donors (Lipinski definition) is 1. The van der Waals surface area contributed by atoms with Gasteiger partial charge in [0.15, 0.2) is 0 Å². The first-order chi connectivity index (χ1) is 9.91. The average molecular weight is 322 g/mol. The molecule has 1 fully saturated rings. The van der Waals surface area contributed by atoms with Crippen molar-refractivity contribution in [1.29, 1.82) is 0 Å². The fourth-order valence-corrected chi connectivity index (χ4v) is 2.81. The highest BCUT2D eigenvalue weighted by molar-refractivity contribution is 6.33. The number of hydrogen-bond acceptors (Lipinski definition) is 3. The standard InChI is InChI=1S/C14H19ClF3N3/c1-2-19-7-10-6-12(15)13(20-8-10)21-5-3-4-11(9-21)14(16,17)18/h6,8,11,19H,2-5,7,9H2,1H3. The zero-order valence-corrected chi connectivity index (χ0v) is 12.6. The van der Waals surface area contributed by atoms with Gasteiger partial charge in [-0.1, -0.05) is 18.5 Å². The Morgan fingerprint density at radius 1 is 1.48 bits per heavy atom. The predicted octanol–water partition coefficient (Wildman–Crippen LogP) is 3.62. The predicted molar refractivity (Wildman–Crippen MR) is 77.6 cm³/mol. The molecule has 118 valence electrons. The van der Waals surface area contributed by atoms with E-state index in [1.165, 1.54) is 0 Å². The van der Waals surface area contributed by atoms with E-state index >= 15 is 0 Å². The van der Waals surface area contributed by atoms with Gasteiger partial charge in [0.05, 0.1) is 10.9 Å². The normalized spacial score (nSPS) is 19.9. The van der Waals surface area contributed by atoms with E-state index in [1.807, 2.05) is 6.92 Å². The Balaban J connectivity index is 2.10. The summed E-state index contributed by atoms with van der Waals surface area (Å²) in [6.07, 6.45) is -1.81. The van der Waals surface area contributed by atoms with Gasteiger partial charge in [0.25, 0.3) is 0 Å². The molecule has 2 heterocycles. The second kappa shape index (κ2) is 6.83. The molecule has 0 saturated carbocycles. The van der Waals surface area contributed by atoms with Gasteiger partial charge >= 0.3 is 6.18 Å². The summed E-state index contributed by atoms with van der Waals surface area (Å²) < 4.78 is 38.5. The van der Waals surface area contributed by atoms with Crippen LogP contribution in [0, 0.1) is 5.92 Å². The van der Waals surface area contributed by atoms with Crippen LogP contribution >= 0.6 is 11.6 Å². The van der Waals surface area contributed by atoms with Crippen molar-refractivity contribution in [2.24, 2.45) is 5.92 Å². The zero-order chi connectivity index (χ0) is 15.5. The minimum atomic E-state index is -4.16. The topological polar surface area (TPSA) is 28.2 Å². The highest BCUT2D eigenvalue weighted by Crippen LogP contribution is 2.36. The Morgan fingerprint density at radius 3 is 2.86 bits per heavy atom. The van der Waals surface area contributed by atoms with E-state index < -0.39 is 12.1 Å². The van der Waals surface area contributed by atoms with Crippen molar-refractivity contribution in [2.75, 3.05) is 24.5 Å². The molecule has 1 saturated heterocycles. The van der Waals surface area contributed by atoms with Crippen LogP contribution in [0.3, 0.4) is 0 Å². The number of aromatic nitrogens is 1. The summed E-state index contributed by atoms with van der Waals surface area (Å²) in [6, 6.07) is 1.77. The van der Waals surface area contributed by atoms with Gasteiger partial charge in [-0.05, 0) is 31.0 Å². The first-order valence-corrected chi connectivity index (χ1v) is 7.46.